The van der Waals surface area contributed by atoms with Gasteiger partial charge in [0.2, 0.25) is 0 Å². The fraction of sp³-hybridized carbons (Fsp3) is 0.561. The van der Waals surface area contributed by atoms with Gasteiger partial charge in [-0.3, -0.25) is 4.44 Å². The topological polar surface area (TPSA) is 21.7 Å². The Kier molecular flexibility index (Phi) is 13.0. The summed E-state index contributed by atoms with van der Waals surface area (Å²) in [5, 5.41) is 6.24. The second-order valence-corrected chi connectivity index (χ2v) is 25.5. The van der Waals surface area contributed by atoms with Gasteiger partial charge in [0, 0.05) is 25.2 Å². The monoisotopic (exact) mass is 721 g/mol. The van der Waals surface area contributed by atoms with Gasteiger partial charge >= 0.3 is 0 Å². The van der Waals surface area contributed by atoms with Crippen molar-refractivity contribution in [1.29, 1.82) is 0 Å². The smallest absolute Gasteiger partial charge is 0.128 e. The van der Waals surface area contributed by atoms with Gasteiger partial charge in [0.1, 0.15) is 11.5 Å². The van der Waals surface area contributed by atoms with Crippen molar-refractivity contribution in [3.8, 4) is 11.5 Å². The van der Waals surface area contributed by atoms with Crippen LogP contribution < -0.4 is 30.7 Å². The molecule has 6 rings (SSSR count). The lowest BCUT2D eigenvalue weighted by Crippen LogP contribution is -2.30. The van der Waals surface area contributed by atoms with Gasteiger partial charge in [0.15, 0.2) is 0 Å². The predicted octanol–water partition coefficient (Wildman–Crippen LogP) is 10.3. The number of rotatable bonds is 13. The Morgan fingerprint density at radius 1 is 0.708 bits per heavy atom. The molecule has 0 radical (unpaired) electrons. The first-order chi connectivity index (χ1) is 23.4. The summed E-state index contributed by atoms with van der Waals surface area (Å²) in [5.41, 5.74) is 5.79. The lowest BCUT2D eigenvalue weighted by atomic mass is 10.1. The molecule has 0 N–H and O–H groups in total. The van der Waals surface area contributed by atoms with Crippen LogP contribution in [-0.4, -0.2) is 59.7 Å². The quantitative estimate of drug-likeness (QED) is 0.164. The number of hydrogen-bond donors (Lipinski definition) is 0. The Balaban J connectivity index is 1.34. The molecule has 6 atom stereocenters. The fourth-order valence-electron chi connectivity index (χ4n) is 8.78. The van der Waals surface area contributed by atoms with Gasteiger partial charge in [0.25, 0.3) is 0 Å². The first kappa shape index (κ1) is 36.7. The first-order valence-electron chi connectivity index (χ1n) is 18.7. The highest BCUT2D eigenvalue weighted by atomic mass is 31.2. The molecule has 0 aliphatic carbocycles. The third-order valence-corrected chi connectivity index (χ3v) is 24.7. The van der Waals surface area contributed by atoms with E-state index in [9.17, 15) is 0 Å². The van der Waals surface area contributed by atoms with Gasteiger partial charge in [-0.15, -0.1) is 0 Å². The van der Waals surface area contributed by atoms with E-state index in [1.165, 1.54) is 68.1 Å². The van der Waals surface area contributed by atoms with Crippen molar-refractivity contribution < 1.29 is 9.47 Å². The van der Waals surface area contributed by atoms with Gasteiger partial charge in [-0.25, -0.2) is 0 Å². The van der Waals surface area contributed by atoms with Crippen LogP contribution in [0.15, 0.2) is 66.7 Å². The van der Waals surface area contributed by atoms with Crippen LogP contribution in [-0.2, 0) is 6.42 Å². The molecule has 260 valence electrons. The number of para-hydroxylation sites is 2. The Morgan fingerprint density at radius 3 is 1.79 bits per heavy atom. The molecule has 3 nitrogen and oxygen atoms in total. The third-order valence-electron chi connectivity index (χ3n) is 11.3. The Bertz CT molecular complexity index is 1430. The first-order valence-corrected chi connectivity index (χ1v) is 24.5. The average molecular weight is 722 g/mol. The third kappa shape index (κ3) is 7.73. The van der Waals surface area contributed by atoms with Crippen LogP contribution in [0, 0.1) is 0 Å². The molecule has 0 spiro atoms. The van der Waals surface area contributed by atoms with E-state index in [0.29, 0.717) is 0 Å². The van der Waals surface area contributed by atoms with Crippen molar-refractivity contribution in [2.24, 2.45) is 0 Å². The van der Waals surface area contributed by atoms with Crippen LogP contribution in [0.2, 0.25) is 0 Å². The van der Waals surface area contributed by atoms with Crippen molar-refractivity contribution in [2.45, 2.75) is 121 Å². The van der Waals surface area contributed by atoms with Gasteiger partial charge < -0.3 is 9.47 Å². The standard InChI is InChI=1S/C41H59NO2P4/c1-8-35-16-14-28-45(35)42(48(38-19-11-9-17-36(38)43-6)39-20-12-10-18-37(39)44-7)27-13-15-34-25-26-40(46-30(2)21-22-31(46)3)41(29-34)47-32(4)23-24-33(47)5/h9-12,17-20,25-26,29-33,35H,8,13-16,21-24,27-28H2,1-7H3/t30-,31-,32-,33-,35+,45?/m0/s1. The summed E-state index contributed by atoms with van der Waals surface area (Å²) in [6.07, 6.45) is 13.3. The van der Waals surface area contributed by atoms with Crippen molar-refractivity contribution in [2.75, 3.05) is 26.9 Å². The summed E-state index contributed by atoms with van der Waals surface area (Å²) in [5.74, 6) is 2.00. The molecule has 3 saturated heterocycles. The maximum absolute atomic E-state index is 6.07. The van der Waals surface area contributed by atoms with E-state index in [1.54, 1.807) is 16.2 Å². The van der Waals surface area contributed by atoms with Gasteiger partial charge in [-0.1, -0.05) is 92.9 Å². The number of hydrogen-bond acceptors (Lipinski definition) is 3. The van der Waals surface area contributed by atoms with Crippen molar-refractivity contribution >= 4 is 53.2 Å². The number of aryl methyl sites for hydroxylation is 1. The predicted molar refractivity (Wildman–Crippen MR) is 218 cm³/mol. The number of ether oxygens (including phenoxy) is 2. The summed E-state index contributed by atoms with van der Waals surface area (Å²) in [7, 11) is 2.42. The Hall–Kier alpha value is -1.06. The molecular weight excluding hydrogens is 662 g/mol. The minimum absolute atomic E-state index is 0.0672. The van der Waals surface area contributed by atoms with Crippen molar-refractivity contribution in [3.05, 3.63) is 72.3 Å². The van der Waals surface area contributed by atoms with Crippen LogP contribution in [0.1, 0.15) is 91.5 Å². The van der Waals surface area contributed by atoms with E-state index < -0.39 is 8.07 Å². The van der Waals surface area contributed by atoms with E-state index in [4.69, 9.17) is 9.47 Å². The molecule has 7 heteroatoms. The molecule has 3 aromatic carbocycles. The van der Waals surface area contributed by atoms with E-state index >= 15 is 0 Å². The SMILES string of the molecule is CC[C@@H]1CCCP1N(CCCc1ccc(P2[C@@H](C)CC[C@@H]2C)c(P2[C@@H](C)CC[C@@H]2C)c1)P(c1ccccc1OC)c1ccccc1OC. The maximum atomic E-state index is 6.07. The average Bonchev–Trinajstić information content (AvgIpc) is 3.82. The van der Waals surface area contributed by atoms with Crippen molar-refractivity contribution in [1.82, 2.24) is 4.44 Å². The van der Waals surface area contributed by atoms with E-state index in [-0.39, 0.29) is 23.9 Å². The fourth-order valence-corrected chi connectivity index (χ4v) is 23.3. The molecule has 3 fully saturated rings. The summed E-state index contributed by atoms with van der Waals surface area (Å²) in [4.78, 5) is 0. The number of benzene rings is 3. The molecule has 0 saturated carbocycles. The van der Waals surface area contributed by atoms with Crippen molar-refractivity contribution in [3.63, 3.8) is 0 Å². The normalized spacial score (nSPS) is 26.6. The van der Waals surface area contributed by atoms with Gasteiger partial charge in [-0.05, 0) is 141 Å². The van der Waals surface area contributed by atoms with Crippen LogP contribution >= 0.6 is 32.0 Å². The zero-order valence-corrected chi connectivity index (χ0v) is 34.1. The number of nitrogens with zero attached hydrogens (tertiary/aromatic N) is 1. The van der Waals surface area contributed by atoms with E-state index in [2.05, 4.69) is 106 Å². The Morgan fingerprint density at radius 2 is 1.25 bits per heavy atom. The van der Waals surface area contributed by atoms with Gasteiger partial charge in [-0.2, -0.15) is 0 Å². The van der Waals surface area contributed by atoms with E-state index in [1.807, 2.05) is 14.2 Å². The summed E-state index contributed by atoms with van der Waals surface area (Å²) < 4.78 is 15.1. The largest absolute Gasteiger partial charge is 0.496 e. The molecule has 3 aliphatic heterocycles. The summed E-state index contributed by atoms with van der Waals surface area (Å²) in [6.45, 7) is 13.7. The number of methoxy groups -OCH3 is 2. The highest BCUT2D eigenvalue weighted by molar-refractivity contribution is 7.80. The van der Waals surface area contributed by atoms with Crippen LogP contribution in [0.25, 0.3) is 0 Å². The molecule has 3 heterocycles. The second-order valence-electron chi connectivity index (χ2n) is 14.4. The lowest BCUT2D eigenvalue weighted by Gasteiger charge is -2.40. The summed E-state index contributed by atoms with van der Waals surface area (Å²) >= 11 is 0. The highest BCUT2D eigenvalue weighted by Gasteiger charge is 2.39. The molecular formula is C41H59NO2P4. The second kappa shape index (κ2) is 17.0. The minimum atomic E-state index is -0.821. The molecule has 3 aliphatic rings. The zero-order chi connectivity index (χ0) is 33.8. The molecule has 1 unspecified atom stereocenters. The minimum Gasteiger partial charge on any atom is -0.496 e. The lowest BCUT2D eigenvalue weighted by molar-refractivity contribution is 0.417. The molecule has 0 amide bonds. The molecule has 48 heavy (non-hydrogen) atoms. The van der Waals surface area contributed by atoms with E-state index in [0.717, 1.165) is 52.8 Å². The molecule has 0 bridgehead atoms. The maximum Gasteiger partial charge on any atom is 0.128 e. The Labute approximate surface area is 297 Å². The molecule has 3 aromatic rings. The zero-order valence-electron chi connectivity index (χ0n) is 30.6. The van der Waals surface area contributed by atoms with Crippen LogP contribution in [0.4, 0.5) is 0 Å². The molecule has 0 aromatic heterocycles. The van der Waals surface area contributed by atoms with Gasteiger partial charge in [0.05, 0.1) is 14.2 Å². The van der Waals surface area contributed by atoms with Crippen LogP contribution in [0.5, 0.6) is 11.5 Å². The van der Waals surface area contributed by atoms with Crippen LogP contribution in [0.3, 0.4) is 0 Å². The summed E-state index contributed by atoms with van der Waals surface area (Å²) in [6, 6.07) is 25.5. The highest BCUT2D eigenvalue weighted by Crippen LogP contribution is 2.64.